The van der Waals surface area contributed by atoms with E-state index in [4.69, 9.17) is 23.2 Å². The molecule has 0 aliphatic rings. The van der Waals surface area contributed by atoms with Crippen molar-refractivity contribution in [3.05, 3.63) is 50.2 Å². The maximum atomic E-state index is 10.6. The Kier molecular flexibility index (Phi) is 5.68. The molecule has 0 aliphatic carbocycles. The molecule has 0 fully saturated rings. The first-order chi connectivity index (χ1) is 9.88. The maximum Gasteiger partial charge on any atom is 0.122 e. The monoisotopic (exact) mass is 391 g/mol. The van der Waals surface area contributed by atoms with E-state index in [-0.39, 0.29) is 0 Å². The van der Waals surface area contributed by atoms with Gasteiger partial charge >= 0.3 is 0 Å². The molecule has 0 saturated carbocycles. The summed E-state index contributed by atoms with van der Waals surface area (Å²) in [6.07, 6.45) is 0.834. The molecule has 1 unspecified atom stereocenters. The van der Waals surface area contributed by atoms with Gasteiger partial charge in [0.15, 0.2) is 0 Å². The lowest BCUT2D eigenvalue weighted by molar-refractivity contribution is 0.205. The lowest BCUT2D eigenvalue weighted by Crippen LogP contribution is -2.21. The average Bonchev–Trinajstić information content (AvgIpc) is 2.75. The minimum Gasteiger partial charge on any atom is -0.382 e. The molecule has 0 saturated heterocycles. The van der Waals surface area contributed by atoms with Crippen LogP contribution < -0.4 is 0 Å². The van der Waals surface area contributed by atoms with Crippen LogP contribution in [-0.4, -0.2) is 40.4 Å². The first-order valence-electron chi connectivity index (χ1n) is 6.38. The van der Waals surface area contributed by atoms with Gasteiger partial charge in [-0.3, -0.25) is 4.68 Å². The number of aliphatic hydroxyl groups excluding tert-OH is 1. The van der Waals surface area contributed by atoms with E-state index < -0.39 is 6.10 Å². The van der Waals surface area contributed by atoms with Gasteiger partial charge in [-0.05, 0) is 53.8 Å². The van der Waals surface area contributed by atoms with Crippen LogP contribution in [0.1, 0.15) is 17.4 Å². The molecule has 0 radical (unpaired) electrons. The highest BCUT2D eigenvalue weighted by Crippen LogP contribution is 2.31. The Labute approximate surface area is 142 Å². The van der Waals surface area contributed by atoms with Crippen molar-refractivity contribution in [2.24, 2.45) is 0 Å². The van der Waals surface area contributed by atoms with Gasteiger partial charge in [0.2, 0.25) is 0 Å². The minimum absolute atomic E-state index is 0.493. The molecule has 0 bridgehead atoms. The molecule has 4 nitrogen and oxygen atoms in total. The SMILES string of the molecule is CN(C)CCn1ncc(Br)c1C(O)c1cc(Cl)cc(Cl)c1. The summed E-state index contributed by atoms with van der Waals surface area (Å²) in [6.45, 7) is 1.50. The fraction of sp³-hybridized carbons (Fsp3) is 0.357. The second-order valence-corrected chi connectivity index (χ2v) is 6.74. The van der Waals surface area contributed by atoms with Gasteiger partial charge in [0.05, 0.1) is 22.9 Å². The standard InChI is InChI=1S/C14H16BrCl2N3O/c1-19(2)3-4-20-13(12(15)8-18-20)14(21)9-5-10(16)7-11(17)6-9/h5-8,14,21H,3-4H2,1-2H3. The van der Waals surface area contributed by atoms with Gasteiger partial charge in [-0.2, -0.15) is 5.10 Å². The third kappa shape index (κ3) is 4.20. The zero-order chi connectivity index (χ0) is 15.6. The van der Waals surface area contributed by atoms with Crippen molar-refractivity contribution in [1.29, 1.82) is 0 Å². The normalized spacial score (nSPS) is 12.9. The maximum absolute atomic E-state index is 10.6. The lowest BCUT2D eigenvalue weighted by atomic mass is 10.1. The quantitative estimate of drug-likeness (QED) is 0.845. The van der Waals surface area contributed by atoms with Crippen LogP contribution in [0.2, 0.25) is 10.0 Å². The van der Waals surface area contributed by atoms with Crippen LogP contribution in [0.25, 0.3) is 0 Å². The van der Waals surface area contributed by atoms with Crippen LogP contribution in [0.4, 0.5) is 0 Å². The number of hydrogen-bond donors (Lipinski definition) is 1. The number of aliphatic hydroxyl groups is 1. The number of aromatic nitrogens is 2. The molecule has 0 spiro atoms. The summed E-state index contributed by atoms with van der Waals surface area (Å²) in [5, 5.41) is 15.9. The topological polar surface area (TPSA) is 41.3 Å². The smallest absolute Gasteiger partial charge is 0.122 e. The number of likely N-dealkylation sites (N-methyl/N-ethyl adjacent to an activating group) is 1. The number of rotatable bonds is 5. The van der Waals surface area contributed by atoms with Crippen LogP contribution in [0.5, 0.6) is 0 Å². The van der Waals surface area contributed by atoms with E-state index in [0.717, 1.165) is 11.0 Å². The third-order valence-electron chi connectivity index (χ3n) is 3.05. The molecule has 7 heteroatoms. The molecular weight excluding hydrogens is 377 g/mol. The Balaban J connectivity index is 2.33. The first-order valence-corrected chi connectivity index (χ1v) is 7.93. The molecule has 1 heterocycles. The van der Waals surface area contributed by atoms with E-state index in [0.29, 0.717) is 27.8 Å². The summed E-state index contributed by atoms with van der Waals surface area (Å²) in [5.41, 5.74) is 1.33. The Bertz CT molecular complexity index is 610. The van der Waals surface area contributed by atoms with Gasteiger partial charge in [-0.15, -0.1) is 0 Å². The molecule has 0 aliphatic heterocycles. The second kappa shape index (κ2) is 7.11. The van der Waals surface area contributed by atoms with Crippen molar-refractivity contribution in [1.82, 2.24) is 14.7 Å². The molecule has 2 rings (SSSR count). The molecule has 1 N–H and O–H groups in total. The van der Waals surface area contributed by atoms with Crippen LogP contribution >= 0.6 is 39.1 Å². The van der Waals surface area contributed by atoms with Gasteiger partial charge in [-0.1, -0.05) is 23.2 Å². The average molecular weight is 393 g/mol. The molecule has 1 atom stereocenters. The predicted octanol–water partition coefficient (Wildman–Crippen LogP) is 3.60. The van der Waals surface area contributed by atoms with Crippen LogP contribution in [-0.2, 0) is 6.54 Å². The Morgan fingerprint density at radius 2 is 1.90 bits per heavy atom. The van der Waals surface area contributed by atoms with Crippen molar-refractivity contribution in [3.8, 4) is 0 Å². The van der Waals surface area contributed by atoms with Crippen molar-refractivity contribution in [2.75, 3.05) is 20.6 Å². The zero-order valence-corrected chi connectivity index (χ0v) is 14.8. The first kappa shape index (κ1) is 16.8. The summed E-state index contributed by atoms with van der Waals surface area (Å²) in [5.74, 6) is 0. The highest BCUT2D eigenvalue weighted by molar-refractivity contribution is 9.10. The van der Waals surface area contributed by atoms with Gasteiger partial charge in [0.1, 0.15) is 6.10 Å². The summed E-state index contributed by atoms with van der Waals surface area (Å²) in [7, 11) is 3.98. The Hall–Kier alpha value is -0.590. The molecular formula is C14H16BrCl2N3O. The summed E-state index contributed by atoms with van der Waals surface area (Å²) < 4.78 is 2.54. The van der Waals surface area contributed by atoms with E-state index in [1.54, 1.807) is 29.1 Å². The molecule has 114 valence electrons. The second-order valence-electron chi connectivity index (χ2n) is 5.01. The molecule has 1 aromatic heterocycles. The minimum atomic E-state index is -0.847. The zero-order valence-electron chi connectivity index (χ0n) is 11.7. The molecule has 0 amide bonds. The lowest BCUT2D eigenvalue weighted by Gasteiger charge is -2.17. The largest absolute Gasteiger partial charge is 0.382 e. The van der Waals surface area contributed by atoms with Crippen molar-refractivity contribution < 1.29 is 5.11 Å². The molecule has 2 aromatic rings. The number of nitrogens with zero attached hydrogens (tertiary/aromatic N) is 3. The van der Waals surface area contributed by atoms with Crippen molar-refractivity contribution >= 4 is 39.1 Å². The fourth-order valence-corrected chi connectivity index (χ4v) is 3.06. The van der Waals surface area contributed by atoms with Crippen molar-refractivity contribution in [2.45, 2.75) is 12.6 Å². The highest BCUT2D eigenvalue weighted by Gasteiger charge is 2.20. The van der Waals surface area contributed by atoms with Gasteiger partial charge in [-0.25, -0.2) is 0 Å². The molecule has 21 heavy (non-hydrogen) atoms. The van der Waals surface area contributed by atoms with Crippen molar-refractivity contribution in [3.63, 3.8) is 0 Å². The Morgan fingerprint density at radius 3 is 2.48 bits per heavy atom. The van der Waals surface area contributed by atoms with E-state index in [1.807, 2.05) is 14.1 Å². The summed E-state index contributed by atoms with van der Waals surface area (Å²) >= 11 is 15.4. The number of benzene rings is 1. The number of halogens is 3. The van der Waals surface area contributed by atoms with Crippen LogP contribution in [0.3, 0.4) is 0 Å². The van der Waals surface area contributed by atoms with E-state index >= 15 is 0 Å². The van der Waals surface area contributed by atoms with Gasteiger partial charge < -0.3 is 10.0 Å². The van der Waals surface area contributed by atoms with Crippen LogP contribution in [0, 0.1) is 0 Å². The fourth-order valence-electron chi connectivity index (χ4n) is 2.01. The third-order valence-corrected chi connectivity index (χ3v) is 4.10. The van der Waals surface area contributed by atoms with Gasteiger partial charge in [0, 0.05) is 16.6 Å². The van der Waals surface area contributed by atoms with Crippen LogP contribution in [0.15, 0.2) is 28.9 Å². The number of hydrogen-bond acceptors (Lipinski definition) is 3. The van der Waals surface area contributed by atoms with E-state index in [1.165, 1.54) is 0 Å². The highest BCUT2D eigenvalue weighted by atomic mass is 79.9. The van der Waals surface area contributed by atoms with Gasteiger partial charge in [0.25, 0.3) is 0 Å². The summed E-state index contributed by atoms with van der Waals surface area (Å²) in [4.78, 5) is 2.06. The molecule has 1 aromatic carbocycles. The summed E-state index contributed by atoms with van der Waals surface area (Å²) in [6, 6.07) is 5.04. The predicted molar refractivity (Wildman–Crippen MR) is 89.0 cm³/mol. The van der Waals surface area contributed by atoms with E-state index in [2.05, 4.69) is 25.9 Å². The van der Waals surface area contributed by atoms with E-state index in [9.17, 15) is 5.11 Å². The Morgan fingerprint density at radius 1 is 1.29 bits per heavy atom.